The molecule has 0 atom stereocenters. The molecule has 0 aliphatic heterocycles. The number of hydrogen-bond acceptors (Lipinski definition) is 4. The Kier molecular flexibility index (Phi) is 2.10. The van der Waals surface area contributed by atoms with E-state index < -0.39 is 5.97 Å². The van der Waals surface area contributed by atoms with Gasteiger partial charge in [-0.15, -0.1) is 0 Å². The monoisotopic (exact) mass is 188 g/mol. The zero-order valence-corrected chi connectivity index (χ0v) is 7.60. The maximum absolute atomic E-state index is 11.2. The molecule has 0 saturated carbocycles. The van der Waals surface area contributed by atoms with Crippen LogP contribution >= 0.6 is 0 Å². The number of hydrogen-bond donors (Lipinski definition) is 0. The van der Waals surface area contributed by atoms with E-state index in [2.05, 4.69) is 14.7 Å². The first kappa shape index (κ1) is 8.62. The van der Waals surface area contributed by atoms with Gasteiger partial charge in [-0.05, 0) is 12.1 Å². The van der Waals surface area contributed by atoms with E-state index in [0.717, 1.165) is 10.9 Å². The molecule has 4 heteroatoms. The molecule has 0 aliphatic rings. The summed E-state index contributed by atoms with van der Waals surface area (Å²) in [5.41, 5.74) is 1.06. The summed E-state index contributed by atoms with van der Waals surface area (Å²) in [5.74, 6) is -0.434. The van der Waals surface area contributed by atoms with Crippen LogP contribution in [0.15, 0.2) is 30.6 Å². The van der Waals surface area contributed by atoms with Gasteiger partial charge in [0.05, 0.1) is 18.8 Å². The Morgan fingerprint density at radius 3 is 3.07 bits per heavy atom. The molecule has 2 rings (SSSR count). The normalized spacial score (nSPS) is 10.1. The molecule has 0 bridgehead atoms. The third kappa shape index (κ3) is 1.42. The van der Waals surface area contributed by atoms with Gasteiger partial charge in [0.2, 0.25) is 0 Å². The molecular weight excluding hydrogens is 180 g/mol. The van der Waals surface area contributed by atoms with Crippen molar-refractivity contribution in [2.75, 3.05) is 7.11 Å². The number of ether oxygens (including phenoxy) is 1. The highest BCUT2D eigenvalue weighted by molar-refractivity contribution is 5.91. The van der Waals surface area contributed by atoms with Gasteiger partial charge in [0, 0.05) is 11.6 Å². The molecule has 14 heavy (non-hydrogen) atoms. The van der Waals surface area contributed by atoms with Crippen molar-refractivity contribution in [3.05, 3.63) is 36.3 Å². The molecule has 0 spiro atoms. The quantitative estimate of drug-likeness (QED) is 0.635. The zero-order chi connectivity index (χ0) is 9.97. The molecule has 4 nitrogen and oxygen atoms in total. The summed E-state index contributed by atoms with van der Waals surface area (Å²) in [5, 5.41) is 0.878. The molecule has 70 valence electrons. The Morgan fingerprint density at radius 2 is 2.29 bits per heavy atom. The molecule has 2 aromatic rings. The third-order valence-corrected chi connectivity index (χ3v) is 1.88. The van der Waals surface area contributed by atoms with E-state index >= 15 is 0 Å². The second kappa shape index (κ2) is 3.41. The van der Waals surface area contributed by atoms with Crippen molar-refractivity contribution in [2.45, 2.75) is 0 Å². The number of fused-ring (bicyclic) bond motifs is 1. The van der Waals surface area contributed by atoms with Crippen LogP contribution < -0.4 is 0 Å². The van der Waals surface area contributed by atoms with Gasteiger partial charge in [-0.1, -0.05) is 6.07 Å². The fourth-order valence-corrected chi connectivity index (χ4v) is 1.19. The summed E-state index contributed by atoms with van der Waals surface area (Å²) in [6.07, 6.45) is 3.24. The van der Waals surface area contributed by atoms with Crippen LogP contribution in [0.5, 0.6) is 0 Å². The highest BCUT2D eigenvalue weighted by atomic mass is 16.5. The van der Waals surface area contributed by atoms with Crippen molar-refractivity contribution in [1.29, 1.82) is 0 Å². The second-order valence-electron chi connectivity index (χ2n) is 2.76. The number of rotatable bonds is 1. The van der Waals surface area contributed by atoms with E-state index in [1.54, 1.807) is 18.5 Å². The van der Waals surface area contributed by atoms with E-state index in [-0.39, 0.29) is 0 Å². The van der Waals surface area contributed by atoms with Gasteiger partial charge in [-0.2, -0.15) is 0 Å². The number of nitrogens with zero attached hydrogens (tertiary/aromatic N) is 2. The number of methoxy groups -OCH3 is 1. The summed E-state index contributed by atoms with van der Waals surface area (Å²) < 4.78 is 4.56. The molecule has 0 aromatic carbocycles. The highest BCUT2D eigenvalue weighted by Crippen LogP contribution is 2.10. The van der Waals surface area contributed by atoms with Gasteiger partial charge in [-0.25, -0.2) is 9.78 Å². The van der Waals surface area contributed by atoms with Crippen molar-refractivity contribution in [3.8, 4) is 0 Å². The molecule has 2 aromatic heterocycles. The highest BCUT2D eigenvalue weighted by Gasteiger charge is 2.07. The first-order valence-electron chi connectivity index (χ1n) is 4.10. The Bertz CT molecular complexity index is 482. The molecule has 0 unspecified atom stereocenters. The van der Waals surface area contributed by atoms with Crippen LogP contribution in [0.3, 0.4) is 0 Å². The fraction of sp³-hybridized carbons (Fsp3) is 0.100. The van der Waals surface area contributed by atoms with Gasteiger partial charge in [-0.3, -0.25) is 4.98 Å². The Hall–Kier alpha value is -1.97. The largest absolute Gasteiger partial charge is 0.464 e. The van der Waals surface area contributed by atoms with E-state index in [0.29, 0.717) is 5.69 Å². The SMILES string of the molecule is COC(=O)c1cc2cccnc2cn1. The molecule has 0 N–H and O–H groups in total. The second-order valence-corrected chi connectivity index (χ2v) is 2.76. The van der Waals surface area contributed by atoms with Crippen molar-refractivity contribution >= 4 is 16.9 Å². The van der Waals surface area contributed by atoms with Crippen LogP contribution in [0.25, 0.3) is 10.9 Å². The smallest absolute Gasteiger partial charge is 0.356 e. The number of pyridine rings is 2. The van der Waals surface area contributed by atoms with Crippen molar-refractivity contribution in [2.24, 2.45) is 0 Å². The predicted molar refractivity (Wildman–Crippen MR) is 50.9 cm³/mol. The summed E-state index contributed by atoms with van der Waals surface area (Å²) in [6.45, 7) is 0. The number of carbonyl (C=O) groups is 1. The van der Waals surface area contributed by atoms with Crippen molar-refractivity contribution < 1.29 is 9.53 Å². The lowest BCUT2D eigenvalue weighted by Gasteiger charge is -1.99. The number of esters is 1. The lowest BCUT2D eigenvalue weighted by Crippen LogP contribution is -2.03. The average molecular weight is 188 g/mol. The Labute approximate surface area is 80.6 Å². The molecule has 0 saturated heterocycles. The standard InChI is InChI=1S/C10H8N2O2/c1-14-10(13)8-5-7-3-2-4-11-9(7)6-12-8/h2-6H,1H3. The summed E-state index contributed by atoms with van der Waals surface area (Å²) >= 11 is 0. The fourth-order valence-electron chi connectivity index (χ4n) is 1.19. The zero-order valence-electron chi connectivity index (χ0n) is 7.60. The lowest BCUT2D eigenvalue weighted by molar-refractivity contribution is 0.0594. The van der Waals surface area contributed by atoms with Gasteiger partial charge in [0.25, 0.3) is 0 Å². The minimum atomic E-state index is -0.434. The molecule has 2 heterocycles. The Balaban J connectivity index is 2.56. The first-order chi connectivity index (χ1) is 6.81. The lowest BCUT2D eigenvalue weighted by atomic mass is 10.2. The van der Waals surface area contributed by atoms with Gasteiger partial charge < -0.3 is 4.74 Å². The van der Waals surface area contributed by atoms with Crippen LogP contribution in [-0.2, 0) is 4.74 Å². The van der Waals surface area contributed by atoms with Crippen LogP contribution in [-0.4, -0.2) is 23.0 Å². The van der Waals surface area contributed by atoms with E-state index in [9.17, 15) is 4.79 Å². The van der Waals surface area contributed by atoms with Crippen LogP contribution in [0.2, 0.25) is 0 Å². The van der Waals surface area contributed by atoms with Crippen LogP contribution in [0.1, 0.15) is 10.5 Å². The molecular formula is C10H8N2O2. The first-order valence-corrected chi connectivity index (χ1v) is 4.10. The Morgan fingerprint density at radius 1 is 1.43 bits per heavy atom. The molecule has 0 aliphatic carbocycles. The van der Waals surface area contributed by atoms with Gasteiger partial charge in [0.1, 0.15) is 5.69 Å². The summed E-state index contributed by atoms with van der Waals surface area (Å²) in [6, 6.07) is 5.34. The minimum Gasteiger partial charge on any atom is -0.464 e. The van der Waals surface area contributed by atoms with Gasteiger partial charge in [0.15, 0.2) is 0 Å². The van der Waals surface area contributed by atoms with E-state index in [4.69, 9.17) is 0 Å². The maximum atomic E-state index is 11.2. The van der Waals surface area contributed by atoms with E-state index in [1.165, 1.54) is 7.11 Å². The summed E-state index contributed by atoms with van der Waals surface area (Å²) in [4.78, 5) is 19.2. The minimum absolute atomic E-state index is 0.299. The van der Waals surface area contributed by atoms with Crippen LogP contribution in [0, 0.1) is 0 Å². The summed E-state index contributed by atoms with van der Waals surface area (Å²) in [7, 11) is 1.33. The predicted octanol–water partition coefficient (Wildman–Crippen LogP) is 1.42. The topological polar surface area (TPSA) is 52.1 Å². The number of aromatic nitrogens is 2. The third-order valence-electron chi connectivity index (χ3n) is 1.88. The van der Waals surface area contributed by atoms with Gasteiger partial charge >= 0.3 is 5.97 Å². The maximum Gasteiger partial charge on any atom is 0.356 e. The van der Waals surface area contributed by atoms with Crippen molar-refractivity contribution in [3.63, 3.8) is 0 Å². The number of carbonyl (C=O) groups excluding carboxylic acids is 1. The van der Waals surface area contributed by atoms with Crippen LogP contribution in [0.4, 0.5) is 0 Å². The average Bonchev–Trinajstić information content (AvgIpc) is 2.27. The molecule has 0 fully saturated rings. The van der Waals surface area contributed by atoms with Crippen molar-refractivity contribution in [1.82, 2.24) is 9.97 Å². The molecule has 0 radical (unpaired) electrons. The van der Waals surface area contributed by atoms with E-state index in [1.807, 2.05) is 12.1 Å². The molecule has 0 amide bonds.